The van der Waals surface area contributed by atoms with Crippen LogP contribution in [0.3, 0.4) is 0 Å². The van der Waals surface area contributed by atoms with Crippen LogP contribution in [0, 0.1) is 0 Å². The Labute approximate surface area is 162 Å². The molecule has 0 aliphatic heterocycles. The average Bonchev–Trinajstić information content (AvgIpc) is 2.59. The first-order chi connectivity index (χ1) is 12.5. The van der Waals surface area contributed by atoms with Gasteiger partial charge in [-0.05, 0) is 19.8 Å². The van der Waals surface area contributed by atoms with E-state index in [1.54, 1.807) is 0 Å². The van der Waals surface area contributed by atoms with Crippen LogP contribution < -0.4 is 0 Å². The first-order valence-corrected chi connectivity index (χ1v) is 11.3. The van der Waals surface area contributed by atoms with Gasteiger partial charge >= 0.3 is 0 Å². The molecule has 0 heterocycles. The largest absolute Gasteiger partial charge is 0.343 e. The van der Waals surface area contributed by atoms with E-state index in [0.29, 0.717) is 0 Å². The molecule has 0 spiro atoms. The highest BCUT2D eigenvalue weighted by Gasteiger charge is 2.19. The van der Waals surface area contributed by atoms with Crippen LogP contribution in [0.1, 0.15) is 129 Å². The van der Waals surface area contributed by atoms with Gasteiger partial charge in [-0.3, -0.25) is 0 Å². The molecule has 0 aliphatic rings. The molecule has 26 heavy (non-hydrogen) atoms. The van der Waals surface area contributed by atoms with Gasteiger partial charge in [-0.25, -0.2) is 0 Å². The van der Waals surface area contributed by atoms with E-state index >= 15 is 0 Å². The molecule has 0 aromatic rings. The van der Waals surface area contributed by atoms with E-state index in [1.807, 2.05) is 13.0 Å². The topological polar surface area (TPSA) is 60.7 Å². The van der Waals surface area contributed by atoms with Gasteiger partial charge in [0.2, 0.25) is 0 Å². The monoisotopic (exact) mass is 370 g/mol. The minimum Gasteiger partial charge on any atom is -0.343 e. The van der Waals surface area contributed by atoms with Gasteiger partial charge in [0.1, 0.15) is 0 Å². The first kappa shape index (κ1) is 25.6. The van der Waals surface area contributed by atoms with Crippen molar-refractivity contribution in [2.24, 2.45) is 0 Å². The lowest BCUT2D eigenvalue weighted by Gasteiger charge is -2.16. The number of rotatable bonds is 19. The highest BCUT2D eigenvalue weighted by atomic mass is 16.7. The molecule has 0 rings (SSSR count). The molecule has 0 fully saturated rings. The second-order valence-electron chi connectivity index (χ2n) is 7.95. The fourth-order valence-electron chi connectivity index (χ4n) is 3.54. The van der Waals surface area contributed by atoms with Crippen molar-refractivity contribution in [3.8, 4) is 0 Å². The Balaban J connectivity index is 3.24. The van der Waals surface area contributed by atoms with Crippen molar-refractivity contribution in [2.75, 3.05) is 0 Å². The summed E-state index contributed by atoms with van der Waals surface area (Å²) in [6.45, 7) is 4.16. The highest BCUT2D eigenvalue weighted by Crippen LogP contribution is 2.19. The summed E-state index contributed by atoms with van der Waals surface area (Å²) >= 11 is 0. The third-order valence-electron chi connectivity index (χ3n) is 5.22. The zero-order valence-corrected chi connectivity index (χ0v) is 17.6. The summed E-state index contributed by atoms with van der Waals surface area (Å²) in [4.78, 5) is 0. The van der Waals surface area contributed by atoms with Crippen molar-refractivity contribution in [1.29, 1.82) is 0 Å². The van der Waals surface area contributed by atoms with Gasteiger partial charge in [-0.15, -0.1) is 0 Å². The average molecular weight is 371 g/mol. The van der Waals surface area contributed by atoms with Crippen LogP contribution in [0.25, 0.3) is 0 Å². The Morgan fingerprint density at radius 2 is 0.962 bits per heavy atom. The Bertz CT molecular complexity index is 318. The summed E-state index contributed by atoms with van der Waals surface area (Å²) in [7, 11) is 0. The minimum atomic E-state index is -2.56. The van der Waals surface area contributed by atoms with Crippen LogP contribution in [0.5, 0.6) is 0 Å². The Morgan fingerprint density at radius 1 is 0.615 bits per heavy atom. The molecule has 0 amide bonds. The van der Waals surface area contributed by atoms with Crippen molar-refractivity contribution < 1.29 is 15.3 Å². The van der Waals surface area contributed by atoms with Gasteiger partial charge in [-0.1, -0.05) is 115 Å². The van der Waals surface area contributed by atoms with Gasteiger partial charge in [0.25, 0.3) is 5.97 Å². The molecule has 0 aromatic heterocycles. The van der Waals surface area contributed by atoms with Crippen LogP contribution in [0.4, 0.5) is 0 Å². The maximum Gasteiger partial charge on any atom is 0.279 e. The Morgan fingerprint density at radius 3 is 1.27 bits per heavy atom. The normalized spacial score (nSPS) is 12.7. The molecular formula is C23H46O3. The van der Waals surface area contributed by atoms with Crippen molar-refractivity contribution >= 4 is 0 Å². The molecule has 0 aromatic carbocycles. The first-order valence-electron chi connectivity index (χ1n) is 11.3. The van der Waals surface area contributed by atoms with E-state index in [-0.39, 0.29) is 6.42 Å². The number of aliphatic hydroxyl groups is 3. The summed E-state index contributed by atoms with van der Waals surface area (Å²) in [6, 6.07) is 0. The molecule has 0 aliphatic carbocycles. The lowest BCUT2D eigenvalue weighted by Crippen LogP contribution is -2.27. The molecule has 0 atom stereocenters. The van der Waals surface area contributed by atoms with Crippen LogP contribution in [0.15, 0.2) is 11.6 Å². The SMILES string of the molecule is CC=C(CCCCCCCCCCCCCCCCCC)CC(O)(O)O. The standard InChI is InChI=1S/C23H46O3/c1-3-5-6-7-8-9-10-11-12-13-14-15-16-17-18-19-20-22(4-2)21-23(24,25)26/h4,24-26H,3,5-21H2,1-2H3. The molecule has 0 saturated heterocycles. The summed E-state index contributed by atoms with van der Waals surface area (Å²) < 4.78 is 0. The summed E-state index contributed by atoms with van der Waals surface area (Å²) in [5.41, 5.74) is 0.919. The van der Waals surface area contributed by atoms with Crippen LogP contribution in [0.2, 0.25) is 0 Å². The zero-order chi connectivity index (χ0) is 19.5. The molecule has 156 valence electrons. The summed E-state index contributed by atoms with van der Waals surface area (Å²) in [5, 5.41) is 27.1. The van der Waals surface area contributed by atoms with E-state index in [1.165, 1.54) is 96.3 Å². The molecule has 0 bridgehead atoms. The highest BCUT2D eigenvalue weighted by molar-refractivity contribution is 5.01. The molecular weight excluding hydrogens is 324 g/mol. The number of unbranched alkanes of at least 4 members (excludes halogenated alkanes) is 15. The van der Waals surface area contributed by atoms with E-state index in [0.717, 1.165) is 18.4 Å². The smallest absolute Gasteiger partial charge is 0.279 e. The molecule has 0 saturated carbocycles. The number of hydrogen-bond donors (Lipinski definition) is 3. The van der Waals surface area contributed by atoms with Crippen molar-refractivity contribution in [3.05, 3.63) is 11.6 Å². The number of allylic oxidation sites excluding steroid dienone is 1. The minimum absolute atomic E-state index is 0.0672. The maximum absolute atomic E-state index is 9.02. The van der Waals surface area contributed by atoms with Gasteiger partial charge < -0.3 is 15.3 Å². The lowest BCUT2D eigenvalue weighted by atomic mass is 10.0. The van der Waals surface area contributed by atoms with Crippen LogP contribution in [-0.2, 0) is 0 Å². The molecule has 0 radical (unpaired) electrons. The van der Waals surface area contributed by atoms with Gasteiger partial charge in [-0.2, -0.15) is 0 Å². The number of hydrogen-bond acceptors (Lipinski definition) is 3. The van der Waals surface area contributed by atoms with Gasteiger partial charge in [0.05, 0.1) is 0 Å². The lowest BCUT2D eigenvalue weighted by molar-refractivity contribution is -0.309. The van der Waals surface area contributed by atoms with Gasteiger partial charge in [0.15, 0.2) is 0 Å². The Hall–Kier alpha value is -0.380. The van der Waals surface area contributed by atoms with E-state index < -0.39 is 5.97 Å². The van der Waals surface area contributed by atoms with Crippen LogP contribution >= 0.6 is 0 Å². The van der Waals surface area contributed by atoms with E-state index in [4.69, 9.17) is 15.3 Å². The van der Waals surface area contributed by atoms with E-state index in [2.05, 4.69) is 6.92 Å². The third kappa shape index (κ3) is 19.9. The van der Waals surface area contributed by atoms with E-state index in [9.17, 15) is 0 Å². The molecule has 3 nitrogen and oxygen atoms in total. The van der Waals surface area contributed by atoms with Gasteiger partial charge in [0, 0.05) is 6.42 Å². The quantitative estimate of drug-likeness (QED) is 0.136. The predicted octanol–water partition coefficient (Wildman–Crippen LogP) is 6.61. The van der Waals surface area contributed by atoms with Crippen LogP contribution in [-0.4, -0.2) is 21.3 Å². The second kappa shape index (κ2) is 18.0. The molecule has 0 unspecified atom stereocenters. The predicted molar refractivity (Wildman–Crippen MR) is 112 cm³/mol. The summed E-state index contributed by atoms with van der Waals surface area (Å²) in [5.74, 6) is -2.56. The summed E-state index contributed by atoms with van der Waals surface area (Å²) in [6.07, 6.45) is 24.3. The maximum atomic E-state index is 9.02. The third-order valence-corrected chi connectivity index (χ3v) is 5.22. The fraction of sp³-hybridized carbons (Fsp3) is 0.913. The molecule has 3 N–H and O–H groups in total. The van der Waals surface area contributed by atoms with Crippen molar-refractivity contribution in [1.82, 2.24) is 0 Å². The fourth-order valence-corrected chi connectivity index (χ4v) is 3.54. The van der Waals surface area contributed by atoms with Crippen molar-refractivity contribution in [2.45, 2.75) is 135 Å². The zero-order valence-electron chi connectivity index (χ0n) is 17.6. The second-order valence-corrected chi connectivity index (χ2v) is 7.95. The Kier molecular flexibility index (Phi) is 17.7. The molecule has 3 heteroatoms. The van der Waals surface area contributed by atoms with Crippen molar-refractivity contribution in [3.63, 3.8) is 0 Å².